The standard InChI is InChI=1S/C18H21FN2O3S2/c1-2-3-14-4-10-17(11-5-14)26(23,24)21-20-18(22)12-13-25-16-8-6-15(19)7-9-16/h4-11,21H,2-3,12-13H2,1H3,(H,20,22). The van der Waals surface area contributed by atoms with E-state index in [0.29, 0.717) is 5.75 Å². The van der Waals surface area contributed by atoms with E-state index < -0.39 is 15.9 Å². The maximum absolute atomic E-state index is 12.8. The highest BCUT2D eigenvalue weighted by Crippen LogP contribution is 2.18. The van der Waals surface area contributed by atoms with Gasteiger partial charge in [-0.2, -0.15) is 0 Å². The number of carbonyl (C=O) groups is 1. The number of hydrogen-bond acceptors (Lipinski definition) is 4. The summed E-state index contributed by atoms with van der Waals surface area (Å²) in [5.41, 5.74) is 3.27. The summed E-state index contributed by atoms with van der Waals surface area (Å²) < 4.78 is 37.1. The van der Waals surface area contributed by atoms with Crippen LogP contribution in [0.4, 0.5) is 4.39 Å². The fourth-order valence-electron chi connectivity index (χ4n) is 2.16. The zero-order valence-corrected chi connectivity index (χ0v) is 16.0. The predicted molar refractivity (Wildman–Crippen MR) is 101 cm³/mol. The highest BCUT2D eigenvalue weighted by Gasteiger charge is 2.14. The molecule has 0 heterocycles. The molecule has 2 rings (SSSR count). The molecule has 0 radical (unpaired) electrons. The Morgan fingerprint density at radius 3 is 2.35 bits per heavy atom. The first kappa shape index (κ1) is 20.4. The van der Waals surface area contributed by atoms with E-state index in [1.807, 2.05) is 0 Å². The fraction of sp³-hybridized carbons (Fsp3) is 0.278. The Hall–Kier alpha value is -1.90. The molecule has 0 saturated carbocycles. The third-order valence-electron chi connectivity index (χ3n) is 3.51. The zero-order valence-electron chi connectivity index (χ0n) is 14.4. The average Bonchev–Trinajstić information content (AvgIpc) is 2.63. The van der Waals surface area contributed by atoms with Crippen molar-refractivity contribution in [1.82, 2.24) is 10.3 Å². The van der Waals surface area contributed by atoms with E-state index in [1.165, 1.54) is 36.0 Å². The molecule has 0 aliphatic heterocycles. The van der Waals surface area contributed by atoms with E-state index in [0.717, 1.165) is 23.3 Å². The molecule has 8 heteroatoms. The van der Waals surface area contributed by atoms with Crippen molar-refractivity contribution in [2.24, 2.45) is 0 Å². The average molecular weight is 397 g/mol. The number of rotatable bonds is 9. The highest BCUT2D eigenvalue weighted by atomic mass is 32.2. The summed E-state index contributed by atoms with van der Waals surface area (Å²) in [6.07, 6.45) is 1.99. The SMILES string of the molecule is CCCc1ccc(S(=O)(=O)NNC(=O)CCSc2ccc(F)cc2)cc1. The fourth-order valence-corrected chi connectivity index (χ4v) is 3.87. The Bertz CT molecular complexity index is 823. The summed E-state index contributed by atoms with van der Waals surface area (Å²) in [6, 6.07) is 12.5. The van der Waals surface area contributed by atoms with E-state index in [4.69, 9.17) is 0 Å². The quantitative estimate of drug-likeness (QED) is 0.504. The van der Waals surface area contributed by atoms with Crippen LogP contribution in [0.5, 0.6) is 0 Å². The van der Waals surface area contributed by atoms with Crippen molar-refractivity contribution in [3.8, 4) is 0 Å². The van der Waals surface area contributed by atoms with Crippen molar-refractivity contribution in [3.05, 3.63) is 59.9 Å². The number of nitrogens with one attached hydrogen (secondary N) is 2. The van der Waals surface area contributed by atoms with Gasteiger partial charge in [0.2, 0.25) is 5.91 Å². The second kappa shape index (κ2) is 9.70. The number of carbonyl (C=O) groups excluding carboxylic acids is 1. The Morgan fingerprint density at radius 1 is 1.08 bits per heavy atom. The van der Waals surface area contributed by atoms with Crippen LogP contribution in [0.2, 0.25) is 0 Å². The zero-order chi connectivity index (χ0) is 19.0. The lowest BCUT2D eigenvalue weighted by Crippen LogP contribution is -2.41. The molecule has 140 valence electrons. The minimum Gasteiger partial charge on any atom is -0.278 e. The third kappa shape index (κ3) is 6.44. The minimum atomic E-state index is -3.80. The molecule has 0 aromatic heterocycles. The van der Waals surface area contributed by atoms with Gasteiger partial charge in [0.1, 0.15) is 5.82 Å². The van der Waals surface area contributed by atoms with E-state index in [2.05, 4.69) is 17.2 Å². The molecular formula is C18H21FN2O3S2. The molecule has 0 atom stereocenters. The second-order valence-electron chi connectivity index (χ2n) is 5.60. The molecule has 0 bridgehead atoms. The number of halogens is 1. The normalized spacial score (nSPS) is 11.3. The minimum absolute atomic E-state index is 0.0957. The molecule has 0 fully saturated rings. The lowest BCUT2D eigenvalue weighted by atomic mass is 10.1. The van der Waals surface area contributed by atoms with Crippen molar-refractivity contribution in [1.29, 1.82) is 0 Å². The van der Waals surface area contributed by atoms with E-state index in [1.54, 1.807) is 24.3 Å². The Balaban J connectivity index is 1.78. The maximum atomic E-state index is 12.8. The van der Waals surface area contributed by atoms with Gasteiger partial charge in [-0.1, -0.05) is 25.5 Å². The van der Waals surface area contributed by atoms with Crippen LogP contribution in [0.15, 0.2) is 58.3 Å². The van der Waals surface area contributed by atoms with Crippen LogP contribution in [-0.4, -0.2) is 20.1 Å². The van der Waals surface area contributed by atoms with Crippen LogP contribution in [0.1, 0.15) is 25.3 Å². The van der Waals surface area contributed by atoms with Crippen LogP contribution in [0, 0.1) is 5.82 Å². The number of amides is 1. The van der Waals surface area contributed by atoms with Crippen LogP contribution < -0.4 is 10.3 Å². The molecule has 2 N–H and O–H groups in total. The van der Waals surface area contributed by atoms with Gasteiger partial charge in [-0.3, -0.25) is 10.2 Å². The summed E-state index contributed by atoms with van der Waals surface area (Å²) in [4.78, 5) is 14.8. The van der Waals surface area contributed by atoms with Gasteiger partial charge in [-0.25, -0.2) is 12.8 Å². The molecule has 26 heavy (non-hydrogen) atoms. The Labute approximate surface area is 157 Å². The van der Waals surface area contributed by atoms with Crippen molar-refractivity contribution in [2.45, 2.75) is 36.0 Å². The number of thioether (sulfide) groups is 1. The summed E-state index contributed by atoms with van der Waals surface area (Å²) in [6.45, 7) is 2.05. The predicted octanol–water partition coefficient (Wildman–Crippen LogP) is 3.27. The molecule has 0 aliphatic rings. The van der Waals surface area contributed by atoms with Gasteiger partial charge in [0, 0.05) is 17.1 Å². The van der Waals surface area contributed by atoms with Crippen LogP contribution >= 0.6 is 11.8 Å². The van der Waals surface area contributed by atoms with Crippen molar-refractivity contribution in [2.75, 3.05) is 5.75 Å². The Kier molecular flexibility index (Phi) is 7.62. The van der Waals surface area contributed by atoms with E-state index >= 15 is 0 Å². The number of sulfonamides is 1. The van der Waals surface area contributed by atoms with Gasteiger partial charge in [-0.05, 0) is 48.4 Å². The van der Waals surface area contributed by atoms with Crippen molar-refractivity contribution in [3.63, 3.8) is 0 Å². The molecule has 0 spiro atoms. The molecule has 0 unspecified atom stereocenters. The van der Waals surface area contributed by atoms with E-state index in [-0.39, 0.29) is 17.1 Å². The smallest absolute Gasteiger partial charge is 0.257 e. The van der Waals surface area contributed by atoms with Gasteiger partial charge < -0.3 is 0 Å². The lowest BCUT2D eigenvalue weighted by molar-refractivity contribution is -0.121. The Morgan fingerprint density at radius 2 is 1.73 bits per heavy atom. The summed E-state index contributed by atoms with van der Waals surface area (Å²) in [7, 11) is -3.80. The number of hydrazine groups is 1. The van der Waals surface area contributed by atoms with Gasteiger partial charge in [0.05, 0.1) is 4.90 Å². The molecule has 2 aromatic carbocycles. The number of aryl methyl sites for hydroxylation is 1. The molecule has 2 aromatic rings. The van der Waals surface area contributed by atoms with Crippen LogP contribution in [0.3, 0.4) is 0 Å². The van der Waals surface area contributed by atoms with Crippen molar-refractivity contribution >= 4 is 27.7 Å². The number of hydrogen-bond donors (Lipinski definition) is 2. The first-order valence-electron chi connectivity index (χ1n) is 8.18. The van der Waals surface area contributed by atoms with Crippen LogP contribution in [0.25, 0.3) is 0 Å². The van der Waals surface area contributed by atoms with Crippen molar-refractivity contribution < 1.29 is 17.6 Å². The monoisotopic (exact) mass is 396 g/mol. The summed E-state index contributed by atoms with van der Waals surface area (Å²) in [5, 5.41) is 0. The first-order chi connectivity index (χ1) is 12.4. The lowest BCUT2D eigenvalue weighted by Gasteiger charge is -2.09. The van der Waals surface area contributed by atoms with Crippen LogP contribution in [-0.2, 0) is 21.2 Å². The van der Waals surface area contributed by atoms with Gasteiger partial charge in [0.15, 0.2) is 0 Å². The largest absolute Gasteiger partial charge is 0.278 e. The molecule has 0 saturated heterocycles. The van der Waals surface area contributed by atoms with E-state index in [9.17, 15) is 17.6 Å². The van der Waals surface area contributed by atoms with Gasteiger partial charge in [0.25, 0.3) is 10.0 Å². The molecule has 1 amide bonds. The molecule has 0 aliphatic carbocycles. The molecular weight excluding hydrogens is 375 g/mol. The maximum Gasteiger partial charge on any atom is 0.257 e. The summed E-state index contributed by atoms with van der Waals surface area (Å²) >= 11 is 1.39. The number of benzene rings is 2. The second-order valence-corrected chi connectivity index (χ2v) is 8.45. The highest BCUT2D eigenvalue weighted by molar-refractivity contribution is 7.99. The first-order valence-corrected chi connectivity index (χ1v) is 10.7. The topological polar surface area (TPSA) is 75.3 Å². The molecule has 5 nitrogen and oxygen atoms in total. The third-order valence-corrected chi connectivity index (χ3v) is 5.79. The van der Waals surface area contributed by atoms with Gasteiger partial charge in [-0.15, -0.1) is 16.6 Å². The summed E-state index contributed by atoms with van der Waals surface area (Å²) in [5.74, 6) is -0.305. The van der Waals surface area contributed by atoms with Gasteiger partial charge >= 0.3 is 0 Å².